The van der Waals surface area contributed by atoms with Crippen molar-refractivity contribution in [1.82, 2.24) is 0 Å². The first-order valence-corrected chi connectivity index (χ1v) is 4.58. The summed E-state index contributed by atoms with van der Waals surface area (Å²) in [5, 5.41) is 0. The first-order chi connectivity index (χ1) is 4.83. The fraction of sp³-hybridized carbons (Fsp3) is 1.00. The molecule has 2 aliphatic carbocycles. The second kappa shape index (κ2) is 2.23. The van der Waals surface area contributed by atoms with E-state index < -0.39 is 0 Å². The lowest BCUT2D eigenvalue weighted by Crippen LogP contribution is -2.27. The molecular formula is C9H17N. The molecule has 0 radical (unpaired) electrons. The zero-order valence-electron chi connectivity index (χ0n) is 6.72. The summed E-state index contributed by atoms with van der Waals surface area (Å²) < 4.78 is 0. The molecule has 0 aromatic rings. The normalized spacial score (nSPS) is 52.2. The lowest BCUT2D eigenvalue weighted by atomic mass is 9.94. The summed E-state index contributed by atoms with van der Waals surface area (Å²) in [5.41, 5.74) is 5.99. The van der Waals surface area contributed by atoms with Gasteiger partial charge in [0.15, 0.2) is 0 Å². The Morgan fingerprint density at radius 2 is 2.20 bits per heavy atom. The van der Waals surface area contributed by atoms with E-state index in [4.69, 9.17) is 5.73 Å². The zero-order valence-corrected chi connectivity index (χ0v) is 6.72. The molecule has 2 fully saturated rings. The first kappa shape index (κ1) is 6.66. The summed E-state index contributed by atoms with van der Waals surface area (Å²) in [7, 11) is 0. The zero-order chi connectivity index (χ0) is 7.14. The summed E-state index contributed by atoms with van der Waals surface area (Å²) in [6.45, 7) is 2.31. The highest BCUT2D eigenvalue weighted by molar-refractivity contribution is 4.98. The highest BCUT2D eigenvalue weighted by atomic mass is 14.7. The molecule has 1 heteroatoms. The minimum Gasteiger partial charge on any atom is -0.327 e. The van der Waals surface area contributed by atoms with E-state index in [1.165, 1.54) is 25.7 Å². The molecule has 2 rings (SSSR count). The maximum Gasteiger partial charge on any atom is 0.00726 e. The molecule has 0 aliphatic heterocycles. The van der Waals surface area contributed by atoms with Crippen LogP contribution >= 0.6 is 0 Å². The van der Waals surface area contributed by atoms with E-state index >= 15 is 0 Å². The van der Waals surface area contributed by atoms with Crippen LogP contribution < -0.4 is 5.73 Å². The van der Waals surface area contributed by atoms with Crippen LogP contribution in [-0.2, 0) is 0 Å². The maximum atomic E-state index is 5.99. The van der Waals surface area contributed by atoms with Crippen LogP contribution in [0.25, 0.3) is 0 Å². The standard InChI is InChI=1S/C9H17N/c1-2-7-6-3-4-8(7)9(10)5-6/h6-9H,2-5,10H2,1H3. The second-order valence-corrected chi connectivity index (χ2v) is 3.97. The largest absolute Gasteiger partial charge is 0.327 e. The highest BCUT2D eigenvalue weighted by Gasteiger charge is 2.44. The predicted molar refractivity (Wildman–Crippen MR) is 42.6 cm³/mol. The molecule has 4 atom stereocenters. The first-order valence-electron chi connectivity index (χ1n) is 4.58. The molecule has 1 nitrogen and oxygen atoms in total. The second-order valence-electron chi connectivity index (χ2n) is 3.97. The van der Waals surface area contributed by atoms with Crippen LogP contribution in [0.3, 0.4) is 0 Å². The maximum absolute atomic E-state index is 5.99. The number of nitrogens with two attached hydrogens (primary N) is 1. The Morgan fingerprint density at radius 3 is 2.50 bits per heavy atom. The van der Waals surface area contributed by atoms with Crippen LogP contribution in [0.1, 0.15) is 32.6 Å². The average molecular weight is 139 g/mol. The monoisotopic (exact) mass is 139 g/mol. The number of hydrogen-bond acceptors (Lipinski definition) is 1. The van der Waals surface area contributed by atoms with E-state index in [2.05, 4.69) is 6.92 Å². The fourth-order valence-electron chi connectivity index (χ4n) is 3.17. The van der Waals surface area contributed by atoms with Crippen molar-refractivity contribution in [3.63, 3.8) is 0 Å². The third kappa shape index (κ3) is 0.731. The molecule has 0 aromatic heterocycles. The van der Waals surface area contributed by atoms with Gasteiger partial charge in [-0.2, -0.15) is 0 Å². The minimum absolute atomic E-state index is 0.559. The van der Waals surface area contributed by atoms with Crippen molar-refractivity contribution in [2.75, 3.05) is 0 Å². The van der Waals surface area contributed by atoms with Crippen LogP contribution in [0.4, 0.5) is 0 Å². The van der Waals surface area contributed by atoms with Gasteiger partial charge in [-0.15, -0.1) is 0 Å². The Hall–Kier alpha value is -0.0400. The van der Waals surface area contributed by atoms with Gasteiger partial charge in [0.05, 0.1) is 0 Å². The Labute approximate surface area is 63.0 Å². The van der Waals surface area contributed by atoms with Crippen molar-refractivity contribution in [2.45, 2.75) is 38.6 Å². The van der Waals surface area contributed by atoms with Crippen LogP contribution in [0, 0.1) is 17.8 Å². The number of hydrogen-bond donors (Lipinski definition) is 1. The van der Waals surface area contributed by atoms with Crippen molar-refractivity contribution in [2.24, 2.45) is 23.5 Å². The topological polar surface area (TPSA) is 26.0 Å². The Balaban J connectivity index is 2.11. The van der Waals surface area contributed by atoms with E-state index in [0.29, 0.717) is 6.04 Å². The molecule has 4 unspecified atom stereocenters. The minimum atomic E-state index is 0.559. The van der Waals surface area contributed by atoms with Gasteiger partial charge in [-0.1, -0.05) is 13.3 Å². The number of rotatable bonds is 1. The molecule has 58 valence electrons. The van der Waals surface area contributed by atoms with E-state index in [0.717, 1.165) is 17.8 Å². The summed E-state index contributed by atoms with van der Waals surface area (Å²) in [6.07, 6.45) is 5.58. The van der Waals surface area contributed by atoms with E-state index in [9.17, 15) is 0 Å². The molecular weight excluding hydrogens is 122 g/mol. The smallest absolute Gasteiger partial charge is 0.00726 e. The summed E-state index contributed by atoms with van der Waals surface area (Å²) in [6, 6.07) is 0.559. The molecule has 2 N–H and O–H groups in total. The SMILES string of the molecule is CCC1C2CCC1C(N)C2. The lowest BCUT2D eigenvalue weighted by Gasteiger charge is -2.16. The fourth-order valence-corrected chi connectivity index (χ4v) is 3.17. The lowest BCUT2D eigenvalue weighted by molar-refractivity contribution is 0.378. The van der Waals surface area contributed by atoms with Gasteiger partial charge in [-0.05, 0) is 37.0 Å². The van der Waals surface area contributed by atoms with Gasteiger partial charge in [0, 0.05) is 6.04 Å². The predicted octanol–water partition coefficient (Wildman–Crippen LogP) is 1.77. The van der Waals surface area contributed by atoms with Crippen molar-refractivity contribution in [3.8, 4) is 0 Å². The van der Waals surface area contributed by atoms with Crippen LogP contribution in [0.5, 0.6) is 0 Å². The summed E-state index contributed by atoms with van der Waals surface area (Å²) >= 11 is 0. The molecule has 2 bridgehead atoms. The molecule has 0 amide bonds. The third-order valence-electron chi connectivity index (χ3n) is 3.62. The van der Waals surface area contributed by atoms with Gasteiger partial charge < -0.3 is 5.73 Å². The molecule has 0 aromatic carbocycles. The van der Waals surface area contributed by atoms with Crippen LogP contribution in [-0.4, -0.2) is 6.04 Å². The summed E-state index contributed by atoms with van der Waals surface area (Å²) in [5.74, 6) is 2.90. The number of fused-ring (bicyclic) bond motifs is 2. The van der Waals surface area contributed by atoms with Gasteiger partial charge in [0.1, 0.15) is 0 Å². The summed E-state index contributed by atoms with van der Waals surface area (Å²) in [4.78, 5) is 0. The van der Waals surface area contributed by atoms with Crippen molar-refractivity contribution in [1.29, 1.82) is 0 Å². The van der Waals surface area contributed by atoms with E-state index in [-0.39, 0.29) is 0 Å². The Morgan fingerprint density at radius 1 is 1.40 bits per heavy atom. The van der Waals surface area contributed by atoms with E-state index in [1.807, 2.05) is 0 Å². The van der Waals surface area contributed by atoms with E-state index in [1.54, 1.807) is 0 Å². The van der Waals surface area contributed by atoms with Crippen molar-refractivity contribution < 1.29 is 0 Å². The van der Waals surface area contributed by atoms with Crippen molar-refractivity contribution in [3.05, 3.63) is 0 Å². The van der Waals surface area contributed by atoms with Gasteiger partial charge >= 0.3 is 0 Å². The highest BCUT2D eigenvalue weighted by Crippen LogP contribution is 2.49. The van der Waals surface area contributed by atoms with Crippen molar-refractivity contribution >= 4 is 0 Å². The molecule has 0 heterocycles. The Kier molecular flexibility index (Phi) is 1.48. The van der Waals surface area contributed by atoms with Gasteiger partial charge in [-0.25, -0.2) is 0 Å². The average Bonchev–Trinajstić information content (AvgIpc) is 2.42. The molecule has 0 saturated heterocycles. The molecule has 2 saturated carbocycles. The Bertz CT molecular complexity index is 133. The molecule has 2 aliphatic rings. The molecule has 0 spiro atoms. The van der Waals surface area contributed by atoms with Gasteiger partial charge in [0.2, 0.25) is 0 Å². The quantitative estimate of drug-likeness (QED) is 0.588. The van der Waals surface area contributed by atoms with Gasteiger partial charge in [0.25, 0.3) is 0 Å². The third-order valence-corrected chi connectivity index (χ3v) is 3.62. The van der Waals surface area contributed by atoms with Crippen LogP contribution in [0.2, 0.25) is 0 Å². The molecule has 10 heavy (non-hydrogen) atoms. The van der Waals surface area contributed by atoms with Crippen LogP contribution in [0.15, 0.2) is 0 Å². The van der Waals surface area contributed by atoms with Gasteiger partial charge in [-0.3, -0.25) is 0 Å².